The minimum atomic E-state index is -1.03. The topological polar surface area (TPSA) is 56.0 Å². The number of hydrogen-bond acceptors (Lipinski definition) is 3. The van der Waals surface area contributed by atoms with E-state index in [1.54, 1.807) is 6.20 Å². The van der Waals surface area contributed by atoms with Crippen LogP contribution in [0.3, 0.4) is 0 Å². The summed E-state index contributed by atoms with van der Waals surface area (Å²) in [5.74, 6) is 0.571. The van der Waals surface area contributed by atoms with Gasteiger partial charge in [0, 0.05) is 34.6 Å². The van der Waals surface area contributed by atoms with Crippen LogP contribution in [0.25, 0.3) is 0 Å². The average molecular weight is 260 g/mol. The van der Waals surface area contributed by atoms with Gasteiger partial charge in [0.2, 0.25) is 0 Å². The Morgan fingerprint density at radius 3 is 2.78 bits per heavy atom. The summed E-state index contributed by atoms with van der Waals surface area (Å²) in [5.41, 5.74) is 8.39. The van der Waals surface area contributed by atoms with Gasteiger partial charge in [-0.2, -0.15) is 0 Å². The molecule has 0 amide bonds. The van der Waals surface area contributed by atoms with Gasteiger partial charge in [-0.15, -0.1) is 0 Å². The second kappa shape index (κ2) is 5.78. The number of aryl methyl sites for hydroxylation is 1. The lowest BCUT2D eigenvalue weighted by atomic mass is 10.2. The van der Waals surface area contributed by atoms with Crippen molar-refractivity contribution < 1.29 is 4.21 Å². The second-order valence-corrected chi connectivity index (χ2v) is 5.63. The van der Waals surface area contributed by atoms with Gasteiger partial charge < -0.3 is 5.73 Å². The van der Waals surface area contributed by atoms with Crippen LogP contribution in [0.1, 0.15) is 11.3 Å². The highest BCUT2D eigenvalue weighted by Crippen LogP contribution is 2.19. The quantitative estimate of drug-likeness (QED) is 0.858. The smallest absolute Gasteiger partial charge is 0.0536 e. The Balaban J connectivity index is 2.07. The number of aromatic nitrogens is 1. The van der Waals surface area contributed by atoms with Gasteiger partial charge in [-0.05, 0) is 36.8 Å². The molecule has 94 valence electrons. The summed E-state index contributed by atoms with van der Waals surface area (Å²) in [7, 11) is -1.03. The Hall–Kier alpha value is -1.68. The summed E-state index contributed by atoms with van der Waals surface area (Å²) in [6.45, 7) is 1.91. The molecule has 2 N–H and O–H groups in total. The molecular formula is C14H16N2OS. The lowest BCUT2D eigenvalue weighted by Gasteiger charge is -2.07. The number of anilines is 1. The van der Waals surface area contributed by atoms with Crippen molar-refractivity contribution in [1.82, 2.24) is 4.98 Å². The molecule has 1 atom stereocenters. The van der Waals surface area contributed by atoms with Gasteiger partial charge in [0.15, 0.2) is 0 Å². The number of benzene rings is 1. The summed E-state index contributed by atoms with van der Waals surface area (Å²) in [6.07, 6.45) is 2.46. The van der Waals surface area contributed by atoms with E-state index in [0.29, 0.717) is 17.9 Å². The van der Waals surface area contributed by atoms with Crippen molar-refractivity contribution in [2.75, 3.05) is 11.5 Å². The zero-order valence-electron chi connectivity index (χ0n) is 10.3. The predicted molar refractivity (Wildman–Crippen MR) is 74.8 cm³/mol. The first kappa shape index (κ1) is 12.8. The zero-order valence-corrected chi connectivity index (χ0v) is 11.1. The third-order valence-electron chi connectivity index (χ3n) is 2.84. The van der Waals surface area contributed by atoms with Crippen molar-refractivity contribution in [3.05, 3.63) is 53.9 Å². The van der Waals surface area contributed by atoms with Crippen LogP contribution >= 0.6 is 0 Å². The highest BCUT2D eigenvalue weighted by atomic mass is 32.2. The number of pyridine rings is 1. The largest absolute Gasteiger partial charge is 0.398 e. The third-order valence-corrected chi connectivity index (χ3v) is 4.35. The molecule has 0 saturated carbocycles. The summed E-state index contributed by atoms with van der Waals surface area (Å²) in [6, 6.07) is 11.3. The van der Waals surface area contributed by atoms with Gasteiger partial charge >= 0.3 is 0 Å². The summed E-state index contributed by atoms with van der Waals surface area (Å²) in [4.78, 5) is 5.05. The first-order valence-electron chi connectivity index (χ1n) is 5.82. The van der Waals surface area contributed by atoms with Crippen LogP contribution in [-0.2, 0) is 17.2 Å². The van der Waals surface area contributed by atoms with Crippen LogP contribution in [0, 0.1) is 6.92 Å². The fourth-order valence-corrected chi connectivity index (χ4v) is 3.04. The highest BCUT2D eigenvalue weighted by molar-refractivity contribution is 7.85. The fraction of sp³-hybridized carbons (Fsp3) is 0.214. The first-order chi connectivity index (χ1) is 8.68. The first-order valence-corrected chi connectivity index (χ1v) is 7.14. The number of nitrogen functional groups attached to an aromatic ring is 1. The van der Waals surface area contributed by atoms with Crippen molar-refractivity contribution in [3.63, 3.8) is 0 Å². The molecule has 0 bridgehead atoms. The summed E-state index contributed by atoms with van der Waals surface area (Å²) in [5, 5.41) is 0. The minimum absolute atomic E-state index is 0.571. The number of hydrogen-bond donors (Lipinski definition) is 1. The van der Waals surface area contributed by atoms with Crippen molar-refractivity contribution in [3.8, 4) is 0 Å². The van der Waals surface area contributed by atoms with Crippen molar-refractivity contribution in [1.29, 1.82) is 0 Å². The molecule has 2 rings (SSSR count). The molecule has 0 spiro atoms. The van der Waals surface area contributed by atoms with Crippen LogP contribution < -0.4 is 5.73 Å². The summed E-state index contributed by atoms with van der Waals surface area (Å²) < 4.78 is 12.2. The van der Waals surface area contributed by atoms with Crippen molar-refractivity contribution >= 4 is 16.5 Å². The normalized spacial score (nSPS) is 12.3. The maximum Gasteiger partial charge on any atom is 0.0536 e. The molecule has 18 heavy (non-hydrogen) atoms. The molecule has 2 aromatic rings. The Kier molecular flexibility index (Phi) is 4.10. The fourth-order valence-electron chi connectivity index (χ4n) is 1.73. The van der Waals surface area contributed by atoms with Crippen LogP contribution in [0.4, 0.5) is 5.69 Å². The second-order valence-electron chi connectivity index (χ2n) is 4.09. The van der Waals surface area contributed by atoms with Crippen molar-refractivity contribution in [2.45, 2.75) is 18.2 Å². The molecule has 0 saturated heterocycles. The van der Waals surface area contributed by atoms with Gasteiger partial charge in [0.25, 0.3) is 0 Å². The Labute approximate surface area is 110 Å². The Bertz CT molecular complexity index is 555. The van der Waals surface area contributed by atoms with Crippen LogP contribution in [0.2, 0.25) is 0 Å². The standard InChI is InChI=1S/C14H16N2OS/c1-11-13(15)6-4-7-14(11)18(17)10-8-12-5-2-3-9-16-12/h2-7,9H,8,10,15H2,1H3. The van der Waals surface area contributed by atoms with Gasteiger partial charge in [-0.25, -0.2) is 0 Å². The monoisotopic (exact) mass is 260 g/mol. The molecule has 0 aliphatic rings. The van der Waals surface area contributed by atoms with E-state index in [4.69, 9.17) is 5.73 Å². The Morgan fingerprint density at radius 2 is 2.06 bits per heavy atom. The third kappa shape index (κ3) is 2.96. The van der Waals surface area contributed by atoms with Gasteiger partial charge in [0.1, 0.15) is 0 Å². The van der Waals surface area contributed by atoms with E-state index in [1.165, 1.54) is 0 Å². The summed E-state index contributed by atoms with van der Waals surface area (Å²) >= 11 is 0. The van der Waals surface area contributed by atoms with E-state index < -0.39 is 10.8 Å². The lowest BCUT2D eigenvalue weighted by Crippen LogP contribution is -2.05. The molecule has 1 heterocycles. The van der Waals surface area contributed by atoms with Gasteiger partial charge in [-0.1, -0.05) is 12.1 Å². The van der Waals surface area contributed by atoms with Crippen LogP contribution in [0.5, 0.6) is 0 Å². The van der Waals surface area contributed by atoms with Gasteiger partial charge in [0.05, 0.1) is 10.8 Å². The molecule has 1 aromatic heterocycles. The van der Waals surface area contributed by atoms with E-state index in [1.807, 2.05) is 43.3 Å². The maximum atomic E-state index is 12.2. The van der Waals surface area contributed by atoms with Crippen LogP contribution in [-0.4, -0.2) is 14.9 Å². The van der Waals surface area contributed by atoms with E-state index in [0.717, 1.165) is 16.2 Å². The SMILES string of the molecule is Cc1c(N)cccc1S(=O)CCc1ccccn1. The molecule has 0 radical (unpaired) electrons. The average Bonchev–Trinajstić information content (AvgIpc) is 2.40. The minimum Gasteiger partial charge on any atom is -0.398 e. The maximum absolute atomic E-state index is 12.2. The molecule has 1 aromatic carbocycles. The van der Waals surface area contributed by atoms with Gasteiger partial charge in [-0.3, -0.25) is 9.19 Å². The number of nitrogens with two attached hydrogens (primary N) is 1. The van der Waals surface area contributed by atoms with Crippen molar-refractivity contribution in [2.24, 2.45) is 0 Å². The molecule has 0 aliphatic heterocycles. The Morgan fingerprint density at radius 1 is 1.22 bits per heavy atom. The molecule has 0 aliphatic carbocycles. The predicted octanol–water partition coefficient (Wildman–Crippen LogP) is 2.32. The van der Waals surface area contributed by atoms with Crippen LogP contribution in [0.15, 0.2) is 47.5 Å². The molecule has 3 nitrogen and oxygen atoms in total. The van der Waals surface area contributed by atoms with E-state index in [9.17, 15) is 4.21 Å². The van der Waals surface area contributed by atoms with E-state index in [-0.39, 0.29) is 0 Å². The number of nitrogens with zero attached hydrogens (tertiary/aromatic N) is 1. The molecule has 0 fully saturated rings. The van der Waals surface area contributed by atoms with E-state index in [2.05, 4.69) is 4.98 Å². The lowest BCUT2D eigenvalue weighted by molar-refractivity contribution is 0.681. The molecular weight excluding hydrogens is 244 g/mol. The van der Waals surface area contributed by atoms with E-state index >= 15 is 0 Å². The zero-order chi connectivity index (χ0) is 13.0. The highest BCUT2D eigenvalue weighted by Gasteiger charge is 2.09. The number of rotatable bonds is 4. The molecule has 1 unspecified atom stereocenters. The molecule has 4 heteroatoms.